The number of carboxylic acids is 1. The lowest BCUT2D eigenvalue weighted by Crippen LogP contribution is -2.36. The average Bonchev–Trinajstić information content (AvgIpc) is 2.66. The van der Waals surface area contributed by atoms with Crippen molar-refractivity contribution < 1.29 is 19.8 Å². The molecule has 1 unspecified atom stereocenters. The predicted molar refractivity (Wildman–Crippen MR) is 44.6 cm³/mol. The van der Waals surface area contributed by atoms with Gasteiger partial charge in [0.05, 0.1) is 19.1 Å². The fraction of sp³-hybridized carbons (Fsp3) is 0.286. The van der Waals surface area contributed by atoms with E-state index in [1.54, 1.807) is 0 Å². The summed E-state index contributed by atoms with van der Waals surface area (Å²) >= 11 is 0. The smallest absolute Gasteiger partial charge is 0.334 e. The molecule has 14 heavy (non-hydrogen) atoms. The van der Waals surface area contributed by atoms with Crippen LogP contribution in [0.15, 0.2) is 12.5 Å². The zero-order chi connectivity index (χ0) is 10.6. The number of carbonyl (C=O) groups excluding carboxylic acids is 1. The first kappa shape index (κ1) is 10.2. The Morgan fingerprint density at radius 2 is 2.36 bits per heavy atom. The fourth-order valence-corrected chi connectivity index (χ4v) is 0.752. The van der Waals surface area contributed by atoms with Crippen LogP contribution in [0.25, 0.3) is 0 Å². The molecule has 1 amide bonds. The van der Waals surface area contributed by atoms with Crippen molar-refractivity contribution >= 4 is 11.9 Å². The molecule has 1 atom stereocenters. The van der Waals surface area contributed by atoms with Crippen molar-refractivity contribution in [2.24, 2.45) is 0 Å². The van der Waals surface area contributed by atoms with E-state index in [1.165, 1.54) is 12.5 Å². The number of aromatic nitrogens is 2. The summed E-state index contributed by atoms with van der Waals surface area (Å²) in [6, 6.07) is 0. The molecule has 0 bridgehead atoms. The van der Waals surface area contributed by atoms with E-state index in [9.17, 15) is 9.59 Å². The molecular formula is C7H9N3O4. The molecule has 1 aromatic rings. The summed E-state index contributed by atoms with van der Waals surface area (Å²) in [5.74, 6) is -1.89. The summed E-state index contributed by atoms with van der Waals surface area (Å²) in [4.78, 5) is 27.5. The molecule has 0 saturated heterocycles. The summed E-state index contributed by atoms with van der Waals surface area (Å²) in [7, 11) is 0. The fourth-order valence-electron chi connectivity index (χ4n) is 0.752. The molecule has 0 saturated carbocycles. The van der Waals surface area contributed by atoms with E-state index in [-0.39, 0.29) is 12.2 Å². The third-order valence-corrected chi connectivity index (χ3v) is 1.48. The van der Waals surface area contributed by atoms with E-state index < -0.39 is 18.0 Å². The minimum absolute atomic E-state index is 0.211. The van der Waals surface area contributed by atoms with E-state index in [0.29, 0.717) is 0 Å². The molecule has 1 rings (SSSR count). The number of carboxylic acid groups (broad SMARTS) is 1. The molecular weight excluding hydrogens is 190 g/mol. The standard InChI is InChI=1S/C7H9N3O4/c11-5(7(13)14)2-9-6(12)4-1-8-3-10-4/h1,3,5,11H,2H2,(H,8,10)(H,9,12)(H,13,14). The first-order valence-corrected chi connectivity index (χ1v) is 3.78. The van der Waals surface area contributed by atoms with Gasteiger partial charge in [-0.15, -0.1) is 0 Å². The van der Waals surface area contributed by atoms with E-state index in [0.717, 1.165) is 0 Å². The maximum atomic E-state index is 11.1. The highest BCUT2D eigenvalue weighted by molar-refractivity contribution is 5.92. The maximum Gasteiger partial charge on any atom is 0.334 e. The summed E-state index contributed by atoms with van der Waals surface area (Å²) < 4.78 is 0. The Labute approximate surface area is 78.8 Å². The van der Waals surface area contributed by atoms with Gasteiger partial charge in [0.1, 0.15) is 5.69 Å². The zero-order valence-corrected chi connectivity index (χ0v) is 7.10. The van der Waals surface area contributed by atoms with E-state index in [4.69, 9.17) is 10.2 Å². The number of nitrogens with zero attached hydrogens (tertiary/aromatic N) is 1. The lowest BCUT2D eigenvalue weighted by Gasteiger charge is -2.05. The van der Waals surface area contributed by atoms with Crippen LogP contribution >= 0.6 is 0 Å². The zero-order valence-electron chi connectivity index (χ0n) is 7.10. The number of hydrogen-bond donors (Lipinski definition) is 4. The van der Waals surface area contributed by atoms with Gasteiger partial charge < -0.3 is 20.5 Å². The molecule has 0 aromatic carbocycles. The number of hydrogen-bond acceptors (Lipinski definition) is 4. The van der Waals surface area contributed by atoms with Crippen LogP contribution in [0.4, 0.5) is 0 Å². The number of carbonyl (C=O) groups is 2. The molecule has 0 spiro atoms. The number of amides is 1. The number of aliphatic carboxylic acids is 1. The van der Waals surface area contributed by atoms with Gasteiger partial charge in [0.25, 0.3) is 5.91 Å². The molecule has 0 aliphatic heterocycles. The number of imidazole rings is 1. The van der Waals surface area contributed by atoms with Crippen molar-refractivity contribution in [3.8, 4) is 0 Å². The topological polar surface area (TPSA) is 115 Å². The van der Waals surface area contributed by atoms with Crippen molar-refractivity contribution in [2.45, 2.75) is 6.10 Å². The number of nitrogens with one attached hydrogen (secondary N) is 2. The van der Waals surface area contributed by atoms with Gasteiger partial charge in [0.15, 0.2) is 6.10 Å². The molecule has 7 nitrogen and oxygen atoms in total. The summed E-state index contributed by atoms with van der Waals surface area (Å²) in [6.45, 7) is -0.340. The molecule has 1 aromatic heterocycles. The van der Waals surface area contributed by atoms with Crippen LogP contribution in [0.3, 0.4) is 0 Å². The predicted octanol–water partition coefficient (Wildman–Crippen LogP) is -1.41. The second-order valence-corrected chi connectivity index (χ2v) is 2.53. The van der Waals surface area contributed by atoms with E-state index in [1.807, 2.05) is 0 Å². The highest BCUT2D eigenvalue weighted by Gasteiger charge is 2.15. The Bertz CT molecular complexity index is 322. The quantitative estimate of drug-likeness (QED) is 0.475. The van der Waals surface area contributed by atoms with Gasteiger partial charge in [-0.05, 0) is 0 Å². The monoisotopic (exact) mass is 199 g/mol. The maximum absolute atomic E-state index is 11.1. The van der Waals surface area contributed by atoms with Crippen LogP contribution in [0.2, 0.25) is 0 Å². The van der Waals surface area contributed by atoms with Crippen molar-refractivity contribution in [3.63, 3.8) is 0 Å². The van der Waals surface area contributed by atoms with Crippen molar-refractivity contribution in [1.29, 1.82) is 0 Å². The SMILES string of the molecule is O=C(NCC(O)C(=O)O)c1cnc[nH]1. The van der Waals surface area contributed by atoms with E-state index in [2.05, 4.69) is 15.3 Å². The minimum Gasteiger partial charge on any atom is -0.479 e. The lowest BCUT2D eigenvalue weighted by atomic mass is 10.3. The average molecular weight is 199 g/mol. The van der Waals surface area contributed by atoms with Gasteiger partial charge in [0, 0.05) is 0 Å². The number of aliphatic hydroxyl groups excluding tert-OH is 1. The van der Waals surface area contributed by atoms with Crippen molar-refractivity contribution in [1.82, 2.24) is 15.3 Å². The number of aromatic amines is 1. The molecule has 7 heteroatoms. The lowest BCUT2D eigenvalue weighted by molar-refractivity contribution is -0.146. The van der Waals surface area contributed by atoms with Crippen LogP contribution in [-0.2, 0) is 4.79 Å². The molecule has 1 heterocycles. The largest absolute Gasteiger partial charge is 0.479 e. The number of H-pyrrole nitrogens is 1. The van der Waals surface area contributed by atoms with Gasteiger partial charge in [-0.3, -0.25) is 4.79 Å². The summed E-state index contributed by atoms with van der Waals surface area (Å²) in [6.07, 6.45) is 1.02. The van der Waals surface area contributed by atoms with Gasteiger partial charge in [-0.2, -0.15) is 0 Å². The number of rotatable bonds is 4. The van der Waals surface area contributed by atoms with Crippen LogP contribution in [0, 0.1) is 0 Å². The number of aliphatic hydroxyl groups is 1. The Balaban J connectivity index is 2.40. The van der Waals surface area contributed by atoms with Gasteiger partial charge >= 0.3 is 5.97 Å². The van der Waals surface area contributed by atoms with Crippen LogP contribution in [0.5, 0.6) is 0 Å². The normalized spacial score (nSPS) is 12.1. The third-order valence-electron chi connectivity index (χ3n) is 1.48. The molecule has 4 N–H and O–H groups in total. The second kappa shape index (κ2) is 4.38. The van der Waals surface area contributed by atoms with Gasteiger partial charge in [0.2, 0.25) is 0 Å². The Kier molecular flexibility index (Phi) is 3.19. The Morgan fingerprint density at radius 3 is 2.86 bits per heavy atom. The summed E-state index contributed by atoms with van der Waals surface area (Å²) in [5.41, 5.74) is 0.211. The van der Waals surface area contributed by atoms with Gasteiger partial charge in [-0.1, -0.05) is 0 Å². The van der Waals surface area contributed by atoms with Crippen LogP contribution < -0.4 is 5.32 Å². The first-order valence-electron chi connectivity index (χ1n) is 3.78. The Morgan fingerprint density at radius 1 is 1.64 bits per heavy atom. The van der Waals surface area contributed by atoms with E-state index >= 15 is 0 Å². The van der Waals surface area contributed by atoms with Crippen molar-refractivity contribution in [3.05, 3.63) is 18.2 Å². The van der Waals surface area contributed by atoms with Gasteiger partial charge in [-0.25, -0.2) is 9.78 Å². The molecule has 0 aliphatic rings. The molecule has 76 valence electrons. The van der Waals surface area contributed by atoms with Crippen LogP contribution in [-0.4, -0.2) is 44.7 Å². The Hall–Kier alpha value is -1.89. The third kappa shape index (κ3) is 2.56. The highest BCUT2D eigenvalue weighted by atomic mass is 16.4. The highest BCUT2D eigenvalue weighted by Crippen LogP contribution is 1.90. The molecule has 0 fully saturated rings. The first-order chi connectivity index (χ1) is 6.61. The summed E-state index contributed by atoms with van der Waals surface area (Å²) in [5, 5.41) is 19.4. The second-order valence-electron chi connectivity index (χ2n) is 2.53. The molecule has 0 radical (unpaired) electrons. The van der Waals surface area contributed by atoms with Crippen LogP contribution in [0.1, 0.15) is 10.5 Å². The molecule has 0 aliphatic carbocycles. The minimum atomic E-state index is -1.60. The van der Waals surface area contributed by atoms with Crippen molar-refractivity contribution in [2.75, 3.05) is 6.54 Å².